The zero-order valence-electron chi connectivity index (χ0n) is 27.0. The molecule has 2 fully saturated rings. The van der Waals surface area contributed by atoms with E-state index >= 15 is 0 Å². The fourth-order valence-electron chi connectivity index (χ4n) is 7.43. The average Bonchev–Trinajstić information content (AvgIpc) is 3.68. The Morgan fingerprint density at radius 2 is 1.78 bits per heavy atom. The fraction of sp³-hybridized carbons (Fsp3) is 0.444. The highest BCUT2D eigenvalue weighted by Crippen LogP contribution is 2.59. The highest BCUT2D eigenvalue weighted by molar-refractivity contribution is 9.11. The zero-order valence-corrected chi connectivity index (χ0v) is 29.3. The van der Waals surface area contributed by atoms with Crippen LogP contribution in [0.5, 0.6) is 0 Å². The largest absolute Gasteiger partial charge is 0.455 e. The molecule has 6 rings (SSSR count). The van der Waals surface area contributed by atoms with E-state index in [2.05, 4.69) is 21.2 Å². The van der Waals surface area contributed by atoms with E-state index in [1.165, 1.54) is 16.9 Å². The Hall–Kier alpha value is -3.55. The van der Waals surface area contributed by atoms with Gasteiger partial charge in [-0.15, -0.1) is 0 Å². The number of aliphatic hydroxyl groups is 1. The van der Waals surface area contributed by atoms with Crippen LogP contribution in [0.15, 0.2) is 77.3 Å². The normalized spacial score (nSPS) is 31.0. The molecular weight excluding hydrogens is 718 g/mol. The van der Waals surface area contributed by atoms with E-state index in [1.54, 1.807) is 48.6 Å². The number of hydrogen-bond acceptors (Lipinski definition) is 8. The molecule has 0 unspecified atom stereocenters. The molecule has 0 aliphatic carbocycles. The first-order valence-electron chi connectivity index (χ1n) is 16.4. The quantitative estimate of drug-likeness (QED) is 0.234. The predicted octanol–water partition coefficient (Wildman–Crippen LogP) is 4.08. The summed E-state index contributed by atoms with van der Waals surface area (Å²) in [5, 5.41) is 12.9. The number of likely N-dealkylation sites (tertiary alicyclic amines) is 1. The molecule has 1 spiro atoms. The van der Waals surface area contributed by atoms with E-state index in [0.29, 0.717) is 40.0 Å². The van der Waals surface area contributed by atoms with Crippen LogP contribution in [-0.2, 0) is 33.4 Å². The summed E-state index contributed by atoms with van der Waals surface area (Å²) in [5.74, 6) is -3.98. The van der Waals surface area contributed by atoms with Gasteiger partial charge in [0.1, 0.15) is 29.8 Å². The van der Waals surface area contributed by atoms with Crippen molar-refractivity contribution in [2.75, 3.05) is 38.3 Å². The van der Waals surface area contributed by atoms with Crippen LogP contribution in [0.1, 0.15) is 37.4 Å². The molecule has 0 saturated carbocycles. The van der Waals surface area contributed by atoms with Crippen LogP contribution < -0.4 is 10.2 Å². The van der Waals surface area contributed by atoms with Crippen molar-refractivity contribution in [1.29, 1.82) is 0 Å². The maximum absolute atomic E-state index is 14.9. The van der Waals surface area contributed by atoms with Crippen molar-refractivity contribution in [1.82, 2.24) is 10.2 Å². The first-order valence-corrected chi connectivity index (χ1v) is 17.6. The number of nitrogens with zero attached hydrogens (tertiary/aromatic N) is 2. The molecule has 260 valence electrons. The monoisotopic (exact) mass is 755 g/mol. The second kappa shape index (κ2) is 15.1. The van der Waals surface area contributed by atoms with Gasteiger partial charge >= 0.3 is 5.97 Å². The second-order valence-electron chi connectivity index (χ2n) is 12.6. The fourth-order valence-corrected chi connectivity index (χ4v) is 8.40. The highest BCUT2D eigenvalue weighted by Gasteiger charge is 2.75. The first kappa shape index (κ1) is 35.3. The van der Waals surface area contributed by atoms with Gasteiger partial charge < -0.3 is 34.4 Å². The lowest BCUT2D eigenvalue weighted by molar-refractivity contribution is -0.162. The number of esters is 1. The summed E-state index contributed by atoms with van der Waals surface area (Å²) in [6, 6.07) is 14.1. The maximum atomic E-state index is 14.9. The lowest BCUT2D eigenvalue weighted by Crippen LogP contribution is -2.56. The minimum Gasteiger partial charge on any atom is -0.455 e. The maximum Gasteiger partial charge on any atom is 0.313 e. The molecule has 4 aliphatic heterocycles. The van der Waals surface area contributed by atoms with Gasteiger partial charge in [-0.1, -0.05) is 82.1 Å². The van der Waals surface area contributed by atoms with Gasteiger partial charge in [0, 0.05) is 37.7 Å². The van der Waals surface area contributed by atoms with E-state index in [1.807, 2.05) is 24.3 Å². The lowest BCUT2D eigenvalue weighted by atomic mass is 9.74. The molecule has 0 aromatic heterocycles. The molecule has 4 heterocycles. The predicted molar refractivity (Wildman–Crippen MR) is 185 cm³/mol. The van der Waals surface area contributed by atoms with Crippen molar-refractivity contribution >= 4 is 56.9 Å². The number of halogens is 2. The number of unbranched alkanes of at least 4 members (excludes halogenated alkanes) is 1. The number of para-hydroxylation sites is 1. The highest BCUT2D eigenvalue weighted by atomic mass is 79.9. The number of cyclic esters (lactones) is 1. The molecule has 3 amide bonds. The molecule has 0 radical (unpaired) electrons. The third-order valence-corrected chi connectivity index (χ3v) is 10.6. The standard InChI is InChI=1S/C36H39BrClN3O8/c1-47-21-25-30(22-12-4-2-5-13-22)48-35(46)28-29-33(44)41(18-10-11-19-42)32(36(29)20-23(37)31(28)49-36)34(45)40(26-15-8-7-14-24(26)38)17-9-3-6-16-27(43)39-25/h2-5,7-9,12-15,20,25,28-32,42H,6,10-11,16-19,21H2,1H3,(H,39,43)/b9-3-/t25-,28+,29-,30-,31+,32+,36-/m0/s1. The molecule has 2 aromatic rings. The van der Waals surface area contributed by atoms with Gasteiger partial charge in [0.15, 0.2) is 0 Å². The van der Waals surface area contributed by atoms with Gasteiger partial charge in [0.25, 0.3) is 5.91 Å². The Balaban J connectivity index is 1.48. The summed E-state index contributed by atoms with van der Waals surface area (Å²) in [6.07, 6.45) is 4.88. The van der Waals surface area contributed by atoms with E-state index in [9.17, 15) is 24.3 Å². The number of benzene rings is 2. The van der Waals surface area contributed by atoms with Crippen LogP contribution in [0, 0.1) is 11.8 Å². The van der Waals surface area contributed by atoms with Crippen molar-refractivity contribution < 1.29 is 38.5 Å². The molecule has 2 aromatic carbocycles. The van der Waals surface area contributed by atoms with Gasteiger partial charge in [0.2, 0.25) is 11.8 Å². The first-order chi connectivity index (χ1) is 23.7. The van der Waals surface area contributed by atoms with Crippen LogP contribution in [-0.4, -0.2) is 90.9 Å². The number of nitrogens with one attached hydrogen (secondary N) is 1. The number of anilines is 1. The molecule has 11 nitrogen and oxygen atoms in total. The summed E-state index contributed by atoms with van der Waals surface area (Å²) < 4.78 is 18.9. The molecule has 13 heteroatoms. The molecule has 2 N–H and O–H groups in total. The number of aliphatic hydroxyl groups excluding tert-OH is 1. The van der Waals surface area contributed by atoms with Crippen LogP contribution >= 0.6 is 27.5 Å². The zero-order chi connectivity index (χ0) is 34.7. The molecule has 2 saturated heterocycles. The summed E-state index contributed by atoms with van der Waals surface area (Å²) in [7, 11) is 1.50. The van der Waals surface area contributed by atoms with Gasteiger partial charge in [-0.25, -0.2) is 0 Å². The number of ether oxygens (including phenoxy) is 3. The minimum atomic E-state index is -1.49. The molecule has 49 heavy (non-hydrogen) atoms. The summed E-state index contributed by atoms with van der Waals surface area (Å²) in [6.45, 7) is 0.236. The van der Waals surface area contributed by atoms with Gasteiger partial charge in [-0.05, 0) is 43.0 Å². The van der Waals surface area contributed by atoms with Crippen molar-refractivity contribution in [3.8, 4) is 0 Å². The smallest absolute Gasteiger partial charge is 0.313 e. The van der Waals surface area contributed by atoms with Crippen molar-refractivity contribution in [3.63, 3.8) is 0 Å². The van der Waals surface area contributed by atoms with Crippen LogP contribution in [0.2, 0.25) is 5.02 Å². The third-order valence-electron chi connectivity index (χ3n) is 9.57. The molecular formula is C36H39BrClN3O8. The lowest BCUT2D eigenvalue weighted by Gasteiger charge is -2.36. The number of rotatable bonds is 8. The average molecular weight is 757 g/mol. The number of hydrogen-bond donors (Lipinski definition) is 2. The number of methoxy groups -OCH3 is 1. The van der Waals surface area contributed by atoms with Crippen molar-refractivity contribution in [2.45, 2.75) is 55.6 Å². The van der Waals surface area contributed by atoms with E-state index in [4.69, 9.17) is 25.8 Å². The molecule has 4 aliphatic rings. The van der Waals surface area contributed by atoms with E-state index in [-0.39, 0.29) is 38.6 Å². The summed E-state index contributed by atoms with van der Waals surface area (Å²) >= 11 is 10.2. The number of amides is 3. The Morgan fingerprint density at radius 1 is 1.02 bits per heavy atom. The third kappa shape index (κ3) is 6.69. The number of fused-ring (bicyclic) bond motifs is 2. The Morgan fingerprint density at radius 3 is 2.51 bits per heavy atom. The molecule has 7 atom stereocenters. The Kier molecular flexibility index (Phi) is 10.9. The van der Waals surface area contributed by atoms with Crippen molar-refractivity contribution in [2.24, 2.45) is 11.8 Å². The second-order valence-corrected chi connectivity index (χ2v) is 13.9. The molecule has 5 bridgehead atoms. The van der Waals surface area contributed by atoms with E-state index < -0.39 is 59.5 Å². The van der Waals surface area contributed by atoms with Crippen molar-refractivity contribution in [3.05, 3.63) is 87.9 Å². The summed E-state index contributed by atoms with van der Waals surface area (Å²) in [4.78, 5) is 60.1. The van der Waals surface area contributed by atoms with Crippen LogP contribution in [0.25, 0.3) is 0 Å². The number of carbonyl (C=O) groups is 4. The number of allylic oxidation sites excluding steroid dienone is 1. The number of carbonyl (C=O) groups excluding carboxylic acids is 4. The summed E-state index contributed by atoms with van der Waals surface area (Å²) in [5.41, 5.74) is -0.409. The Labute approximate surface area is 298 Å². The van der Waals surface area contributed by atoms with Gasteiger partial charge in [-0.3, -0.25) is 19.2 Å². The van der Waals surface area contributed by atoms with Crippen LogP contribution in [0.3, 0.4) is 0 Å². The van der Waals surface area contributed by atoms with Gasteiger partial charge in [-0.2, -0.15) is 0 Å². The minimum absolute atomic E-state index is 0.0525. The van der Waals surface area contributed by atoms with Crippen LogP contribution in [0.4, 0.5) is 5.69 Å². The van der Waals surface area contributed by atoms with Gasteiger partial charge in [0.05, 0.1) is 29.3 Å². The van der Waals surface area contributed by atoms with E-state index in [0.717, 1.165) is 0 Å². The Bertz CT molecular complexity index is 1640. The topological polar surface area (TPSA) is 135 Å². The SMILES string of the molecule is COC[C@@H]1NC(=O)CC/C=C\CN(c2ccccc2Cl)C(=O)[C@H]2N(CCCCO)C(=O)[C@@H]3[C@@H](C(=O)O[C@H]1c1ccccc1)[C@@H]1O[C@@]32C=C1Br.